The highest BCUT2D eigenvalue weighted by atomic mass is 28.4. The molecule has 0 aliphatic heterocycles. The van der Waals surface area contributed by atoms with Gasteiger partial charge in [0.05, 0.1) is 0 Å². The van der Waals surface area contributed by atoms with Gasteiger partial charge in [0.25, 0.3) is 0 Å². The van der Waals surface area contributed by atoms with Crippen LogP contribution in [0.3, 0.4) is 0 Å². The Hall–Kier alpha value is -3.53. The fourth-order valence-electron chi connectivity index (χ4n) is 5.09. The SMILES string of the molecule is CC(C)(C)Oc1ccc([SiH](O[SiH](c2ccc(OC(C)(C)C)cc2)c2ccc(OC(C)(C)C)cc2)c2ccc(OC(C)(C)C)cc2)cc1. The maximum Gasteiger partial charge on any atom is 0.228 e. The summed E-state index contributed by atoms with van der Waals surface area (Å²) in [7, 11) is -4.40. The first kappa shape index (κ1) is 36.3. The smallest absolute Gasteiger partial charge is 0.228 e. The summed E-state index contributed by atoms with van der Waals surface area (Å²) in [6.07, 6.45) is 0. The Balaban J connectivity index is 1.77. The van der Waals surface area contributed by atoms with Gasteiger partial charge in [0.2, 0.25) is 18.1 Å². The molecular weight excluding hydrogens is 617 g/mol. The molecule has 0 bridgehead atoms. The van der Waals surface area contributed by atoms with Crippen molar-refractivity contribution in [3.8, 4) is 23.0 Å². The topological polar surface area (TPSA) is 46.2 Å². The Labute approximate surface area is 286 Å². The first-order valence-electron chi connectivity index (χ1n) is 16.5. The maximum atomic E-state index is 7.47. The van der Waals surface area contributed by atoms with E-state index in [-0.39, 0.29) is 22.4 Å². The van der Waals surface area contributed by atoms with Crippen LogP contribution in [0.1, 0.15) is 83.1 Å². The molecule has 47 heavy (non-hydrogen) atoms. The Kier molecular flexibility index (Phi) is 11.0. The van der Waals surface area contributed by atoms with E-state index in [4.69, 9.17) is 23.1 Å². The van der Waals surface area contributed by atoms with E-state index in [0.717, 1.165) is 23.0 Å². The van der Waals surface area contributed by atoms with Crippen LogP contribution >= 0.6 is 0 Å². The minimum absolute atomic E-state index is 0.276. The maximum absolute atomic E-state index is 7.47. The molecule has 0 N–H and O–H groups in total. The normalized spacial score (nSPS) is 12.7. The van der Waals surface area contributed by atoms with Crippen molar-refractivity contribution in [3.63, 3.8) is 0 Å². The first-order chi connectivity index (χ1) is 21.7. The van der Waals surface area contributed by atoms with Crippen LogP contribution in [0.4, 0.5) is 0 Å². The Morgan fingerprint density at radius 3 is 0.617 bits per heavy atom. The highest BCUT2D eigenvalue weighted by Gasteiger charge is 2.28. The van der Waals surface area contributed by atoms with Gasteiger partial charge >= 0.3 is 0 Å². The second-order valence-corrected chi connectivity index (χ2v) is 21.3. The summed E-state index contributed by atoms with van der Waals surface area (Å²) in [5, 5.41) is 4.75. The van der Waals surface area contributed by atoms with Crippen molar-refractivity contribution in [2.24, 2.45) is 0 Å². The summed E-state index contributed by atoms with van der Waals surface area (Å²) in [5.74, 6) is 3.39. The van der Waals surface area contributed by atoms with Gasteiger partial charge in [-0.25, -0.2) is 0 Å². The van der Waals surface area contributed by atoms with Gasteiger partial charge in [-0.3, -0.25) is 0 Å². The molecule has 0 atom stereocenters. The third kappa shape index (κ3) is 11.9. The van der Waals surface area contributed by atoms with Crippen molar-refractivity contribution >= 4 is 38.8 Å². The summed E-state index contributed by atoms with van der Waals surface area (Å²) >= 11 is 0. The minimum atomic E-state index is -2.20. The fourth-order valence-corrected chi connectivity index (χ4v) is 11.6. The standard InChI is InChI=1S/C40H54O5Si2/c1-37(2,3)41-29-13-21-33(22-14-29)46(34-23-15-30(16-24-34)42-38(4,5)6)45-47(35-25-17-31(18-26-35)43-39(7,8)9)36-27-19-32(20-28-36)44-40(10,11)12/h13-28,46-47H,1-12H3. The van der Waals surface area contributed by atoms with E-state index >= 15 is 0 Å². The first-order valence-corrected chi connectivity index (χ1v) is 19.8. The molecule has 0 spiro atoms. The van der Waals surface area contributed by atoms with Gasteiger partial charge < -0.3 is 23.1 Å². The average Bonchev–Trinajstić information content (AvgIpc) is 2.93. The summed E-state index contributed by atoms with van der Waals surface area (Å²) in [6.45, 7) is 24.8. The average molecular weight is 671 g/mol. The second kappa shape index (κ2) is 14.3. The molecule has 0 fully saturated rings. The minimum Gasteiger partial charge on any atom is -0.488 e. The summed E-state index contributed by atoms with van der Waals surface area (Å²) < 4.78 is 32.1. The predicted molar refractivity (Wildman–Crippen MR) is 201 cm³/mol. The molecule has 7 heteroatoms. The van der Waals surface area contributed by atoms with Crippen molar-refractivity contribution in [1.82, 2.24) is 0 Å². The molecule has 4 aromatic carbocycles. The largest absolute Gasteiger partial charge is 0.488 e. The van der Waals surface area contributed by atoms with Gasteiger partial charge in [0.1, 0.15) is 45.4 Å². The van der Waals surface area contributed by atoms with Gasteiger partial charge in [0.15, 0.2) is 0 Å². The Morgan fingerprint density at radius 2 is 0.468 bits per heavy atom. The zero-order valence-electron chi connectivity index (χ0n) is 30.4. The van der Waals surface area contributed by atoms with E-state index < -0.39 is 18.1 Å². The molecular formula is C40H54O5Si2. The highest BCUT2D eigenvalue weighted by Crippen LogP contribution is 2.21. The zero-order chi connectivity index (χ0) is 34.6. The van der Waals surface area contributed by atoms with Crippen LogP contribution in [-0.4, -0.2) is 40.5 Å². The number of benzene rings is 4. The zero-order valence-corrected chi connectivity index (χ0v) is 32.7. The van der Waals surface area contributed by atoms with Gasteiger partial charge in [-0.15, -0.1) is 0 Å². The van der Waals surface area contributed by atoms with Crippen molar-refractivity contribution < 1.29 is 23.1 Å². The van der Waals surface area contributed by atoms with Crippen LogP contribution in [0.5, 0.6) is 23.0 Å². The molecule has 252 valence electrons. The molecule has 0 amide bonds. The molecule has 4 rings (SSSR count). The highest BCUT2D eigenvalue weighted by molar-refractivity contribution is 6.91. The lowest BCUT2D eigenvalue weighted by Gasteiger charge is -2.27. The van der Waals surface area contributed by atoms with Crippen LogP contribution in [0.2, 0.25) is 0 Å². The molecule has 0 aromatic heterocycles. The molecule has 0 unspecified atom stereocenters. The van der Waals surface area contributed by atoms with E-state index in [9.17, 15) is 0 Å². The third-order valence-electron chi connectivity index (χ3n) is 6.70. The third-order valence-corrected chi connectivity index (χ3v) is 12.8. The van der Waals surface area contributed by atoms with Crippen LogP contribution in [-0.2, 0) is 4.12 Å². The van der Waals surface area contributed by atoms with Gasteiger partial charge in [-0.1, -0.05) is 48.5 Å². The van der Waals surface area contributed by atoms with E-state index in [2.05, 4.69) is 180 Å². The molecule has 5 nitrogen and oxygen atoms in total. The van der Waals surface area contributed by atoms with Gasteiger partial charge in [-0.05, 0) is 152 Å². The molecule has 0 aliphatic carbocycles. The summed E-state index contributed by atoms with van der Waals surface area (Å²) in [6, 6.07) is 33.9. The van der Waals surface area contributed by atoms with Crippen molar-refractivity contribution in [1.29, 1.82) is 0 Å². The predicted octanol–water partition coefficient (Wildman–Crippen LogP) is 6.79. The summed E-state index contributed by atoms with van der Waals surface area (Å²) in [4.78, 5) is 0. The van der Waals surface area contributed by atoms with Gasteiger partial charge in [0, 0.05) is 0 Å². The second-order valence-electron chi connectivity index (χ2n) is 16.0. The molecule has 4 aromatic rings. The van der Waals surface area contributed by atoms with Gasteiger partial charge in [-0.2, -0.15) is 0 Å². The van der Waals surface area contributed by atoms with Crippen LogP contribution in [0.25, 0.3) is 0 Å². The molecule has 0 saturated heterocycles. The van der Waals surface area contributed by atoms with Crippen LogP contribution < -0.4 is 39.7 Å². The lowest BCUT2D eigenvalue weighted by Crippen LogP contribution is -2.56. The molecule has 0 aliphatic rings. The van der Waals surface area contributed by atoms with Crippen LogP contribution in [0, 0.1) is 0 Å². The lowest BCUT2D eigenvalue weighted by molar-refractivity contribution is 0.130. The Morgan fingerprint density at radius 1 is 0.298 bits per heavy atom. The molecule has 0 radical (unpaired) electrons. The quantitative estimate of drug-likeness (QED) is 0.174. The summed E-state index contributed by atoms with van der Waals surface area (Å²) in [5.41, 5.74) is -1.11. The van der Waals surface area contributed by atoms with Crippen molar-refractivity contribution in [3.05, 3.63) is 97.1 Å². The molecule has 0 heterocycles. The van der Waals surface area contributed by atoms with E-state index in [1.165, 1.54) is 20.7 Å². The number of hydrogen-bond donors (Lipinski definition) is 0. The number of rotatable bonds is 10. The molecule has 0 saturated carbocycles. The fraction of sp³-hybridized carbons (Fsp3) is 0.400. The number of hydrogen-bond acceptors (Lipinski definition) is 5. The van der Waals surface area contributed by atoms with Crippen molar-refractivity contribution in [2.75, 3.05) is 0 Å². The number of ether oxygens (including phenoxy) is 4. The van der Waals surface area contributed by atoms with E-state index in [1.54, 1.807) is 0 Å². The van der Waals surface area contributed by atoms with Crippen LogP contribution in [0.15, 0.2) is 97.1 Å². The Bertz CT molecular complexity index is 1310. The monoisotopic (exact) mass is 670 g/mol. The van der Waals surface area contributed by atoms with E-state index in [0.29, 0.717) is 0 Å². The lowest BCUT2D eigenvalue weighted by atomic mass is 10.2. The van der Waals surface area contributed by atoms with Crippen molar-refractivity contribution in [2.45, 2.75) is 105 Å². The van der Waals surface area contributed by atoms with E-state index in [1.807, 2.05) is 0 Å².